The molecule has 0 aromatic heterocycles. The molecule has 0 amide bonds. The van der Waals surface area contributed by atoms with Gasteiger partial charge in [-0.1, -0.05) is 47.0 Å². The molecule has 0 bridgehead atoms. The third-order valence-electron chi connectivity index (χ3n) is 3.22. The molecular weight excluding hydrogens is 284 g/mol. The van der Waals surface area contributed by atoms with Gasteiger partial charge in [0, 0.05) is 11.4 Å². The van der Waals surface area contributed by atoms with Crippen molar-refractivity contribution in [1.29, 1.82) is 0 Å². The summed E-state index contributed by atoms with van der Waals surface area (Å²) in [7, 11) is 0. The van der Waals surface area contributed by atoms with E-state index in [-0.39, 0.29) is 5.78 Å². The quantitative estimate of drug-likeness (QED) is 0.811. The lowest BCUT2D eigenvalue weighted by atomic mass is 10.0. The lowest BCUT2D eigenvalue weighted by Crippen LogP contribution is -2.25. The molecule has 0 aliphatic rings. The van der Waals surface area contributed by atoms with Crippen molar-refractivity contribution in [2.75, 3.05) is 0 Å². The predicted octanol–water partition coefficient (Wildman–Crippen LogP) is 4.54. The van der Waals surface area contributed by atoms with Crippen LogP contribution in [0.5, 0.6) is 5.75 Å². The summed E-state index contributed by atoms with van der Waals surface area (Å²) in [6.45, 7) is 5.84. The second-order valence-corrected chi connectivity index (χ2v) is 5.79. The van der Waals surface area contributed by atoms with Crippen LogP contribution < -0.4 is 4.74 Å². The van der Waals surface area contributed by atoms with Crippen molar-refractivity contribution in [3.05, 3.63) is 64.2 Å². The van der Waals surface area contributed by atoms with Crippen LogP contribution in [0.25, 0.3) is 0 Å². The van der Waals surface area contributed by atoms with E-state index in [4.69, 9.17) is 16.3 Å². The van der Waals surface area contributed by atoms with Crippen LogP contribution >= 0.6 is 11.6 Å². The Hall–Kier alpha value is -1.80. The molecule has 0 aliphatic carbocycles. The number of aryl methyl sites for hydroxylation is 2. The Morgan fingerprint density at radius 2 is 1.81 bits per heavy atom. The lowest BCUT2D eigenvalue weighted by Gasteiger charge is -2.14. The first kappa shape index (κ1) is 15.6. The van der Waals surface area contributed by atoms with E-state index in [0.717, 1.165) is 5.56 Å². The molecule has 2 nitrogen and oxygen atoms in total. The van der Waals surface area contributed by atoms with Crippen molar-refractivity contribution in [2.45, 2.75) is 33.3 Å². The molecule has 0 heterocycles. The fraction of sp³-hybridized carbons (Fsp3) is 0.278. The number of rotatable bonds is 5. The zero-order valence-corrected chi connectivity index (χ0v) is 13.3. The highest BCUT2D eigenvalue weighted by molar-refractivity contribution is 6.30. The first-order chi connectivity index (χ1) is 9.94. The Bertz CT molecular complexity index is 629. The Labute approximate surface area is 130 Å². The SMILES string of the molecule is Cc1cc(C)cc(CC(=O)C(C)Oc2cccc(Cl)c2)c1. The maximum absolute atomic E-state index is 12.3. The third kappa shape index (κ3) is 4.61. The lowest BCUT2D eigenvalue weighted by molar-refractivity contribution is -0.124. The molecule has 3 heteroatoms. The molecule has 0 aliphatic heterocycles. The number of carbonyl (C=O) groups excluding carboxylic acids is 1. The van der Waals surface area contributed by atoms with Gasteiger partial charge in [0.15, 0.2) is 11.9 Å². The van der Waals surface area contributed by atoms with Crippen LogP contribution in [-0.4, -0.2) is 11.9 Å². The second kappa shape index (κ2) is 6.77. The highest BCUT2D eigenvalue weighted by Crippen LogP contribution is 2.19. The number of hydrogen-bond acceptors (Lipinski definition) is 2. The van der Waals surface area contributed by atoms with Crippen molar-refractivity contribution in [3.63, 3.8) is 0 Å². The van der Waals surface area contributed by atoms with Crippen LogP contribution in [-0.2, 0) is 11.2 Å². The molecule has 2 aromatic carbocycles. The number of halogens is 1. The fourth-order valence-electron chi connectivity index (χ4n) is 2.33. The normalized spacial score (nSPS) is 12.0. The summed E-state index contributed by atoms with van der Waals surface area (Å²) in [6, 6.07) is 13.3. The van der Waals surface area contributed by atoms with E-state index >= 15 is 0 Å². The van der Waals surface area contributed by atoms with Crippen LogP contribution in [0.15, 0.2) is 42.5 Å². The zero-order valence-electron chi connectivity index (χ0n) is 12.5. The molecule has 2 aromatic rings. The summed E-state index contributed by atoms with van der Waals surface area (Å²) in [6.07, 6.45) is -0.117. The summed E-state index contributed by atoms with van der Waals surface area (Å²) in [4.78, 5) is 12.3. The van der Waals surface area contributed by atoms with Crippen molar-refractivity contribution >= 4 is 17.4 Å². The number of Topliss-reactive ketones (excluding diaryl/α,β-unsaturated/α-hetero) is 1. The molecule has 0 saturated heterocycles. The summed E-state index contributed by atoms with van der Waals surface area (Å²) >= 11 is 5.91. The van der Waals surface area contributed by atoms with Crippen LogP contribution in [0.3, 0.4) is 0 Å². The number of ether oxygens (including phenoxy) is 1. The van der Waals surface area contributed by atoms with Crippen LogP contribution in [0.1, 0.15) is 23.6 Å². The van der Waals surface area contributed by atoms with Gasteiger partial charge in [-0.3, -0.25) is 4.79 Å². The van der Waals surface area contributed by atoms with Gasteiger partial charge in [-0.15, -0.1) is 0 Å². The van der Waals surface area contributed by atoms with E-state index in [1.165, 1.54) is 11.1 Å². The summed E-state index contributed by atoms with van der Waals surface area (Å²) in [5.41, 5.74) is 3.36. The Morgan fingerprint density at radius 3 is 2.43 bits per heavy atom. The smallest absolute Gasteiger partial charge is 0.177 e. The Morgan fingerprint density at radius 1 is 1.14 bits per heavy atom. The predicted molar refractivity (Wildman–Crippen MR) is 86.2 cm³/mol. The monoisotopic (exact) mass is 302 g/mol. The molecule has 110 valence electrons. The van der Waals surface area contributed by atoms with Crippen LogP contribution in [0.2, 0.25) is 5.02 Å². The summed E-state index contributed by atoms with van der Waals surface area (Å²) in [5.74, 6) is 0.670. The number of ketones is 1. The van der Waals surface area contributed by atoms with Crippen molar-refractivity contribution in [1.82, 2.24) is 0 Å². The van der Waals surface area contributed by atoms with Gasteiger partial charge in [-0.05, 0) is 44.5 Å². The average molecular weight is 303 g/mol. The third-order valence-corrected chi connectivity index (χ3v) is 3.46. The first-order valence-corrected chi connectivity index (χ1v) is 7.34. The van der Waals surface area contributed by atoms with Crippen LogP contribution in [0, 0.1) is 13.8 Å². The molecule has 2 rings (SSSR count). The van der Waals surface area contributed by atoms with Gasteiger partial charge in [-0.25, -0.2) is 0 Å². The standard InChI is InChI=1S/C18H19ClO2/c1-12-7-13(2)9-15(8-12)10-18(20)14(3)21-17-6-4-5-16(19)11-17/h4-9,11,14H,10H2,1-3H3. The molecule has 0 fully saturated rings. The zero-order chi connectivity index (χ0) is 15.4. The van der Waals surface area contributed by atoms with E-state index < -0.39 is 6.10 Å². The van der Waals surface area contributed by atoms with Crippen molar-refractivity contribution in [2.24, 2.45) is 0 Å². The van der Waals surface area contributed by atoms with E-state index in [9.17, 15) is 4.79 Å². The van der Waals surface area contributed by atoms with Crippen molar-refractivity contribution in [3.8, 4) is 5.75 Å². The Kier molecular flexibility index (Phi) is 5.03. The molecule has 0 saturated carbocycles. The number of carbonyl (C=O) groups is 1. The second-order valence-electron chi connectivity index (χ2n) is 5.36. The van der Waals surface area contributed by atoms with Gasteiger partial charge in [-0.2, -0.15) is 0 Å². The highest BCUT2D eigenvalue weighted by atomic mass is 35.5. The van der Waals surface area contributed by atoms with Gasteiger partial charge in [0.2, 0.25) is 0 Å². The van der Waals surface area contributed by atoms with E-state index in [1.54, 1.807) is 31.2 Å². The van der Waals surface area contributed by atoms with Gasteiger partial charge in [0.25, 0.3) is 0 Å². The number of benzene rings is 2. The maximum Gasteiger partial charge on any atom is 0.177 e. The fourth-order valence-corrected chi connectivity index (χ4v) is 2.51. The van der Waals surface area contributed by atoms with Gasteiger partial charge < -0.3 is 4.74 Å². The minimum atomic E-state index is -0.496. The first-order valence-electron chi connectivity index (χ1n) is 6.96. The van der Waals surface area contributed by atoms with E-state index in [1.807, 2.05) is 26.0 Å². The van der Waals surface area contributed by atoms with E-state index in [2.05, 4.69) is 6.07 Å². The van der Waals surface area contributed by atoms with Crippen LogP contribution in [0.4, 0.5) is 0 Å². The van der Waals surface area contributed by atoms with Gasteiger partial charge in [0.05, 0.1) is 0 Å². The largest absolute Gasteiger partial charge is 0.483 e. The van der Waals surface area contributed by atoms with Gasteiger partial charge in [0.1, 0.15) is 5.75 Å². The molecule has 0 radical (unpaired) electrons. The summed E-state index contributed by atoms with van der Waals surface area (Å²) < 4.78 is 5.66. The molecular formula is C18H19ClO2. The van der Waals surface area contributed by atoms with Gasteiger partial charge >= 0.3 is 0 Å². The molecule has 0 N–H and O–H groups in total. The van der Waals surface area contributed by atoms with Crippen molar-refractivity contribution < 1.29 is 9.53 Å². The molecule has 1 unspecified atom stereocenters. The summed E-state index contributed by atoms with van der Waals surface area (Å²) in [5, 5.41) is 0.599. The molecule has 0 spiro atoms. The Balaban J connectivity index is 2.02. The minimum Gasteiger partial charge on any atom is -0.483 e. The molecule has 21 heavy (non-hydrogen) atoms. The van der Waals surface area contributed by atoms with E-state index in [0.29, 0.717) is 17.2 Å². The number of hydrogen-bond donors (Lipinski definition) is 0. The topological polar surface area (TPSA) is 26.3 Å². The minimum absolute atomic E-state index is 0.0555. The highest BCUT2D eigenvalue weighted by Gasteiger charge is 2.15. The molecule has 1 atom stereocenters. The average Bonchev–Trinajstić information content (AvgIpc) is 2.37. The maximum atomic E-state index is 12.3.